The van der Waals surface area contributed by atoms with Crippen LogP contribution in [0.1, 0.15) is 0 Å². The Balaban J connectivity index is 1.57. The number of hydrogen-bond donors (Lipinski definition) is 0. The van der Waals surface area contributed by atoms with Crippen LogP contribution in [0.25, 0.3) is 74.1 Å². The lowest BCUT2D eigenvalue weighted by atomic mass is 9.86. The van der Waals surface area contributed by atoms with Gasteiger partial charge < -0.3 is 0 Å². The van der Waals surface area contributed by atoms with E-state index in [0.717, 1.165) is 0 Å². The van der Waals surface area contributed by atoms with E-state index in [-0.39, 0.29) is 0 Å². The molecule has 0 aliphatic heterocycles. The highest BCUT2D eigenvalue weighted by molar-refractivity contribution is 7.27. The molecule has 0 aliphatic rings. The summed E-state index contributed by atoms with van der Waals surface area (Å²) in [7, 11) is 0. The zero-order valence-corrected chi connectivity index (χ0v) is 21.0. The zero-order chi connectivity index (χ0) is 23.6. The lowest BCUT2D eigenvalue weighted by Crippen LogP contribution is -1.90. The van der Waals surface area contributed by atoms with E-state index in [4.69, 9.17) is 0 Å². The highest BCUT2D eigenvalue weighted by Gasteiger charge is 2.20. The Morgan fingerprint density at radius 1 is 0.417 bits per heavy atom. The smallest absolute Gasteiger partial charge is 0.0448 e. The molecule has 2 heterocycles. The van der Waals surface area contributed by atoms with E-state index in [1.165, 1.54) is 74.1 Å². The molecule has 2 heteroatoms. The van der Waals surface area contributed by atoms with Gasteiger partial charge in [-0.3, -0.25) is 0 Å². The quantitative estimate of drug-likeness (QED) is 0.211. The van der Waals surface area contributed by atoms with Crippen molar-refractivity contribution in [3.05, 3.63) is 121 Å². The van der Waals surface area contributed by atoms with Gasteiger partial charge in [0.2, 0.25) is 0 Å². The molecular formula is C34H20S2. The minimum absolute atomic E-state index is 1.26. The van der Waals surface area contributed by atoms with Gasteiger partial charge in [0.05, 0.1) is 0 Å². The summed E-state index contributed by atoms with van der Waals surface area (Å²) in [5.41, 5.74) is 5.27. The van der Waals surface area contributed by atoms with Gasteiger partial charge in [0.15, 0.2) is 0 Å². The second-order valence-corrected chi connectivity index (χ2v) is 11.2. The summed E-state index contributed by atoms with van der Waals surface area (Å²) in [6.45, 7) is 0. The molecule has 0 fully saturated rings. The molecule has 8 rings (SSSR count). The van der Waals surface area contributed by atoms with Crippen LogP contribution >= 0.6 is 22.7 Å². The first-order valence-electron chi connectivity index (χ1n) is 12.2. The number of benzene rings is 6. The van der Waals surface area contributed by atoms with Gasteiger partial charge in [-0.1, -0.05) is 103 Å². The Morgan fingerprint density at radius 3 is 1.69 bits per heavy atom. The molecule has 0 spiro atoms. The van der Waals surface area contributed by atoms with Crippen molar-refractivity contribution in [2.24, 2.45) is 0 Å². The molecule has 8 aromatic rings. The number of thiophene rings is 2. The fraction of sp³-hybridized carbons (Fsp3) is 0. The highest BCUT2D eigenvalue weighted by Crippen LogP contribution is 2.49. The van der Waals surface area contributed by atoms with Crippen LogP contribution in [0.15, 0.2) is 121 Å². The molecule has 2 aromatic heterocycles. The SMILES string of the molecule is c1ccc(-c2c3ccccc3c(-c3csc4ccc5c6ccccc6sc5c34)c3ccccc23)cc1. The maximum absolute atomic E-state index is 2.38. The van der Waals surface area contributed by atoms with E-state index in [2.05, 4.69) is 121 Å². The number of rotatable bonds is 2. The Morgan fingerprint density at radius 2 is 1.00 bits per heavy atom. The molecule has 0 N–H and O–H groups in total. The van der Waals surface area contributed by atoms with Crippen molar-refractivity contribution in [2.45, 2.75) is 0 Å². The maximum Gasteiger partial charge on any atom is 0.0448 e. The highest BCUT2D eigenvalue weighted by atomic mass is 32.1. The summed E-state index contributed by atoms with van der Waals surface area (Å²) in [4.78, 5) is 0. The summed E-state index contributed by atoms with van der Waals surface area (Å²) >= 11 is 3.78. The summed E-state index contributed by atoms with van der Waals surface area (Å²) in [5, 5.41) is 11.7. The van der Waals surface area contributed by atoms with E-state index in [1.54, 1.807) is 0 Å². The van der Waals surface area contributed by atoms with Gasteiger partial charge in [-0.2, -0.15) is 0 Å². The van der Waals surface area contributed by atoms with Crippen LogP contribution in [0.5, 0.6) is 0 Å². The van der Waals surface area contributed by atoms with E-state index in [9.17, 15) is 0 Å². The normalized spacial score (nSPS) is 11.9. The van der Waals surface area contributed by atoms with Crippen LogP contribution in [0, 0.1) is 0 Å². The Labute approximate surface area is 216 Å². The predicted molar refractivity (Wildman–Crippen MR) is 161 cm³/mol. The van der Waals surface area contributed by atoms with Crippen molar-refractivity contribution >= 4 is 74.5 Å². The summed E-state index contributed by atoms with van der Waals surface area (Å²) in [6, 6.07) is 42.1. The largest absolute Gasteiger partial charge is 0.143 e. The second kappa shape index (κ2) is 7.76. The van der Waals surface area contributed by atoms with Crippen molar-refractivity contribution < 1.29 is 0 Å². The fourth-order valence-corrected chi connectivity index (χ4v) is 8.11. The van der Waals surface area contributed by atoms with Crippen molar-refractivity contribution in [2.75, 3.05) is 0 Å². The third-order valence-corrected chi connectivity index (χ3v) is 9.50. The van der Waals surface area contributed by atoms with E-state index in [0.29, 0.717) is 0 Å². The second-order valence-electron chi connectivity index (χ2n) is 9.27. The van der Waals surface area contributed by atoms with Gasteiger partial charge in [-0.15, -0.1) is 22.7 Å². The molecule has 0 saturated carbocycles. The lowest BCUT2D eigenvalue weighted by molar-refractivity contribution is 1.67. The molecule has 0 amide bonds. The van der Waals surface area contributed by atoms with E-state index < -0.39 is 0 Å². The molecule has 0 nitrogen and oxygen atoms in total. The number of fused-ring (bicyclic) bond motifs is 7. The number of hydrogen-bond acceptors (Lipinski definition) is 2. The van der Waals surface area contributed by atoms with E-state index >= 15 is 0 Å². The zero-order valence-electron chi connectivity index (χ0n) is 19.4. The monoisotopic (exact) mass is 492 g/mol. The average molecular weight is 493 g/mol. The van der Waals surface area contributed by atoms with Crippen LogP contribution in [-0.4, -0.2) is 0 Å². The van der Waals surface area contributed by atoms with Crippen LogP contribution in [0.2, 0.25) is 0 Å². The predicted octanol–water partition coefficient (Wildman–Crippen LogP) is 10.9. The summed E-state index contributed by atoms with van der Waals surface area (Å²) in [6.07, 6.45) is 0. The standard InChI is InChI=1S/C34H20S2/c1-2-10-21(11-3-1)31-23-13-4-6-15-25(23)32(26-16-7-5-14-24(26)31)28-20-35-30-19-18-27-22-12-8-9-17-29(22)36-34(27)33(28)30/h1-20H. The molecular weight excluding hydrogens is 473 g/mol. The average Bonchev–Trinajstić information content (AvgIpc) is 3.53. The Hall–Kier alpha value is -3.98. The molecule has 0 unspecified atom stereocenters. The van der Waals surface area contributed by atoms with E-state index in [1.807, 2.05) is 22.7 Å². The molecule has 0 radical (unpaired) electrons. The van der Waals surface area contributed by atoms with Crippen molar-refractivity contribution in [1.29, 1.82) is 0 Å². The molecule has 0 saturated heterocycles. The van der Waals surface area contributed by atoms with Crippen molar-refractivity contribution in [1.82, 2.24) is 0 Å². The van der Waals surface area contributed by atoms with Crippen LogP contribution in [0.4, 0.5) is 0 Å². The molecule has 168 valence electrons. The van der Waals surface area contributed by atoms with Crippen molar-refractivity contribution in [3.63, 3.8) is 0 Å². The fourth-order valence-electron chi connectivity index (χ4n) is 5.82. The first-order chi connectivity index (χ1) is 17.9. The first kappa shape index (κ1) is 20.2. The Bertz CT molecular complexity index is 2030. The van der Waals surface area contributed by atoms with Gasteiger partial charge in [0, 0.05) is 35.8 Å². The third kappa shape index (κ3) is 2.80. The minimum atomic E-state index is 1.26. The molecule has 0 atom stereocenters. The van der Waals surface area contributed by atoms with Gasteiger partial charge in [-0.25, -0.2) is 0 Å². The maximum atomic E-state index is 2.38. The minimum Gasteiger partial charge on any atom is -0.143 e. The van der Waals surface area contributed by atoms with Gasteiger partial charge in [0.25, 0.3) is 0 Å². The summed E-state index contributed by atoms with van der Waals surface area (Å²) < 4.78 is 4.10. The molecule has 6 aromatic carbocycles. The van der Waals surface area contributed by atoms with Gasteiger partial charge in [0.1, 0.15) is 0 Å². The molecule has 36 heavy (non-hydrogen) atoms. The lowest BCUT2D eigenvalue weighted by Gasteiger charge is -2.17. The van der Waals surface area contributed by atoms with Crippen LogP contribution in [-0.2, 0) is 0 Å². The van der Waals surface area contributed by atoms with Gasteiger partial charge in [-0.05, 0) is 55.7 Å². The molecule has 0 bridgehead atoms. The van der Waals surface area contributed by atoms with Gasteiger partial charge >= 0.3 is 0 Å². The first-order valence-corrected chi connectivity index (χ1v) is 13.9. The third-order valence-electron chi connectivity index (χ3n) is 7.35. The van der Waals surface area contributed by atoms with Crippen LogP contribution < -0.4 is 0 Å². The van der Waals surface area contributed by atoms with Crippen molar-refractivity contribution in [3.8, 4) is 22.3 Å². The Kier molecular flexibility index (Phi) is 4.36. The molecule has 0 aliphatic carbocycles. The van der Waals surface area contributed by atoms with Crippen LogP contribution in [0.3, 0.4) is 0 Å². The summed E-state index contributed by atoms with van der Waals surface area (Å²) in [5.74, 6) is 0. The topological polar surface area (TPSA) is 0 Å².